The number of allylic oxidation sites excluding steroid dienone is 2. The molecule has 0 spiro atoms. The van der Waals surface area contributed by atoms with Gasteiger partial charge in [0, 0.05) is 22.9 Å². The first kappa shape index (κ1) is 19.3. The molecule has 0 amide bonds. The van der Waals surface area contributed by atoms with Gasteiger partial charge in [-0.05, 0) is 68.3 Å². The highest BCUT2D eigenvalue weighted by atomic mass is 16.5. The molecule has 0 unspecified atom stereocenters. The van der Waals surface area contributed by atoms with Gasteiger partial charge in [-0.25, -0.2) is 0 Å². The molecule has 0 aliphatic heterocycles. The van der Waals surface area contributed by atoms with Gasteiger partial charge in [0.2, 0.25) is 0 Å². The summed E-state index contributed by atoms with van der Waals surface area (Å²) < 4.78 is 11.4. The van der Waals surface area contributed by atoms with E-state index >= 15 is 0 Å². The molecule has 0 saturated carbocycles. The molecule has 4 nitrogen and oxygen atoms in total. The van der Waals surface area contributed by atoms with E-state index in [1.54, 1.807) is 36.4 Å². The minimum absolute atomic E-state index is 0.0911. The van der Waals surface area contributed by atoms with Crippen LogP contribution < -0.4 is 15.2 Å². The molecule has 0 fully saturated rings. The van der Waals surface area contributed by atoms with Crippen molar-refractivity contribution in [2.45, 2.75) is 20.3 Å². The van der Waals surface area contributed by atoms with Crippen molar-refractivity contribution < 1.29 is 14.3 Å². The minimum Gasteiger partial charge on any atom is -0.493 e. The normalized spacial score (nSPS) is 10.7. The number of rotatable bonds is 9. The Morgan fingerprint density at radius 1 is 1.08 bits per heavy atom. The monoisotopic (exact) mass is 351 g/mol. The Labute approximate surface area is 154 Å². The molecular formula is C22H25NO3. The summed E-state index contributed by atoms with van der Waals surface area (Å²) in [5, 5.41) is 0. The molecule has 2 rings (SSSR count). The fourth-order valence-corrected chi connectivity index (χ4v) is 2.55. The van der Waals surface area contributed by atoms with Gasteiger partial charge >= 0.3 is 0 Å². The van der Waals surface area contributed by atoms with Crippen LogP contribution in [0.4, 0.5) is 5.69 Å². The highest BCUT2D eigenvalue weighted by molar-refractivity contribution is 6.07. The molecule has 4 heteroatoms. The van der Waals surface area contributed by atoms with Crippen molar-refractivity contribution >= 4 is 17.5 Å². The number of nitrogens with two attached hydrogens (primary N) is 1. The minimum atomic E-state index is -0.0911. The Balaban J connectivity index is 2.35. The van der Waals surface area contributed by atoms with E-state index < -0.39 is 0 Å². The van der Waals surface area contributed by atoms with Crippen molar-refractivity contribution in [2.24, 2.45) is 0 Å². The molecule has 0 aliphatic carbocycles. The fourth-order valence-electron chi connectivity index (χ4n) is 2.55. The molecule has 2 aromatic carbocycles. The first-order valence-corrected chi connectivity index (χ1v) is 8.70. The first-order chi connectivity index (χ1) is 12.6. The first-order valence-electron chi connectivity index (χ1n) is 8.70. The molecule has 0 aromatic heterocycles. The lowest BCUT2D eigenvalue weighted by Gasteiger charge is -2.14. The molecule has 2 aromatic rings. The van der Waals surface area contributed by atoms with Gasteiger partial charge in [-0.15, -0.1) is 6.58 Å². The molecule has 0 saturated heterocycles. The molecule has 0 aliphatic rings. The third-order valence-electron chi connectivity index (χ3n) is 3.77. The maximum Gasteiger partial charge on any atom is 0.185 e. The summed E-state index contributed by atoms with van der Waals surface area (Å²) in [6.07, 6.45) is 5.81. The number of ether oxygens (including phenoxy) is 2. The summed E-state index contributed by atoms with van der Waals surface area (Å²) in [5.41, 5.74) is 8.72. The third-order valence-corrected chi connectivity index (χ3v) is 3.77. The Morgan fingerprint density at radius 3 is 2.35 bits per heavy atom. The second kappa shape index (κ2) is 9.47. The van der Waals surface area contributed by atoms with Crippen molar-refractivity contribution in [3.05, 3.63) is 71.8 Å². The third kappa shape index (κ3) is 4.99. The van der Waals surface area contributed by atoms with Crippen LogP contribution in [-0.2, 0) is 6.42 Å². The average molecular weight is 351 g/mol. The van der Waals surface area contributed by atoms with Crippen molar-refractivity contribution in [2.75, 3.05) is 18.9 Å². The van der Waals surface area contributed by atoms with E-state index in [-0.39, 0.29) is 5.78 Å². The van der Waals surface area contributed by atoms with Crippen molar-refractivity contribution in [1.29, 1.82) is 0 Å². The zero-order chi connectivity index (χ0) is 18.9. The van der Waals surface area contributed by atoms with Crippen LogP contribution in [0.2, 0.25) is 0 Å². The fraction of sp³-hybridized carbons (Fsp3) is 0.227. The van der Waals surface area contributed by atoms with Crippen molar-refractivity contribution in [1.82, 2.24) is 0 Å². The van der Waals surface area contributed by atoms with Crippen molar-refractivity contribution in [3.8, 4) is 11.5 Å². The van der Waals surface area contributed by atoms with Crippen molar-refractivity contribution in [3.63, 3.8) is 0 Å². The highest BCUT2D eigenvalue weighted by Crippen LogP contribution is 2.31. The summed E-state index contributed by atoms with van der Waals surface area (Å²) in [6.45, 7) is 8.76. The van der Waals surface area contributed by atoms with Crippen LogP contribution >= 0.6 is 0 Å². The lowest BCUT2D eigenvalue weighted by molar-refractivity contribution is 0.104. The summed E-state index contributed by atoms with van der Waals surface area (Å²) in [4.78, 5) is 12.4. The van der Waals surface area contributed by atoms with Crippen LogP contribution in [0.25, 0.3) is 6.08 Å². The van der Waals surface area contributed by atoms with Gasteiger partial charge in [-0.3, -0.25) is 4.79 Å². The second-order valence-corrected chi connectivity index (χ2v) is 5.68. The predicted molar refractivity (Wildman–Crippen MR) is 107 cm³/mol. The van der Waals surface area contributed by atoms with Gasteiger partial charge in [0.05, 0.1) is 13.2 Å². The standard InChI is InChI=1S/C22H25NO3/c1-4-7-17-14-18(22(26-6-3)15-21(17)25-5-2)10-13-20(24)16-8-11-19(23)12-9-16/h4,8-15H,1,5-7,23H2,2-3H3. The van der Waals surface area contributed by atoms with E-state index in [0.717, 1.165) is 16.9 Å². The maximum absolute atomic E-state index is 12.4. The number of anilines is 1. The number of benzene rings is 2. The molecule has 0 bridgehead atoms. The Hall–Kier alpha value is -3.01. The maximum atomic E-state index is 12.4. The van der Waals surface area contributed by atoms with Crippen LogP contribution in [0.15, 0.2) is 55.1 Å². The van der Waals surface area contributed by atoms with E-state index in [1.165, 1.54) is 0 Å². The lowest BCUT2D eigenvalue weighted by atomic mass is 10.0. The Bertz CT molecular complexity index is 792. The smallest absolute Gasteiger partial charge is 0.185 e. The molecule has 136 valence electrons. The number of ketones is 1. The summed E-state index contributed by atoms with van der Waals surface area (Å²) in [5.74, 6) is 1.37. The Kier molecular flexibility index (Phi) is 7.03. The lowest BCUT2D eigenvalue weighted by Crippen LogP contribution is -2.01. The molecule has 0 radical (unpaired) electrons. The second-order valence-electron chi connectivity index (χ2n) is 5.68. The van der Waals surface area contributed by atoms with Crippen LogP contribution in [0.5, 0.6) is 11.5 Å². The SMILES string of the molecule is C=CCc1cc(C=CC(=O)c2ccc(N)cc2)c(OCC)cc1OCC. The van der Waals surface area contributed by atoms with Gasteiger partial charge in [0.25, 0.3) is 0 Å². The quantitative estimate of drug-likeness (QED) is 0.308. The van der Waals surface area contributed by atoms with E-state index in [1.807, 2.05) is 32.1 Å². The number of hydrogen-bond donors (Lipinski definition) is 1. The van der Waals surface area contributed by atoms with Crippen LogP contribution in [0, 0.1) is 0 Å². The molecule has 0 atom stereocenters. The highest BCUT2D eigenvalue weighted by Gasteiger charge is 2.10. The van der Waals surface area contributed by atoms with Gasteiger partial charge in [0.1, 0.15) is 11.5 Å². The largest absolute Gasteiger partial charge is 0.493 e. The molecular weight excluding hydrogens is 326 g/mol. The van der Waals surface area contributed by atoms with Gasteiger partial charge < -0.3 is 15.2 Å². The van der Waals surface area contributed by atoms with E-state index in [9.17, 15) is 4.79 Å². The molecule has 26 heavy (non-hydrogen) atoms. The number of hydrogen-bond acceptors (Lipinski definition) is 4. The summed E-state index contributed by atoms with van der Waals surface area (Å²) >= 11 is 0. The number of carbonyl (C=O) groups is 1. The van der Waals surface area contributed by atoms with Gasteiger partial charge in [-0.1, -0.05) is 6.08 Å². The van der Waals surface area contributed by atoms with E-state index in [0.29, 0.717) is 36.6 Å². The van der Waals surface area contributed by atoms with Crippen LogP contribution in [0.1, 0.15) is 35.3 Å². The van der Waals surface area contributed by atoms with E-state index in [2.05, 4.69) is 6.58 Å². The van der Waals surface area contributed by atoms with E-state index in [4.69, 9.17) is 15.2 Å². The van der Waals surface area contributed by atoms with Gasteiger partial charge in [0.15, 0.2) is 5.78 Å². The van der Waals surface area contributed by atoms with Crippen LogP contribution in [0.3, 0.4) is 0 Å². The summed E-state index contributed by atoms with van der Waals surface area (Å²) in [6, 6.07) is 10.7. The number of nitrogen functional groups attached to an aromatic ring is 1. The summed E-state index contributed by atoms with van der Waals surface area (Å²) in [7, 11) is 0. The molecule has 2 N–H and O–H groups in total. The topological polar surface area (TPSA) is 61.6 Å². The molecule has 0 heterocycles. The van der Waals surface area contributed by atoms with Gasteiger partial charge in [-0.2, -0.15) is 0 Å². The average Bonchev–Trinajstić information content (AvgIpc) is 2.63. The Morgan fingerprint density at radius 2 is 1.73 bits per heavy atom. The number of carbonyl (C=O) groups excluding carboxylic acids is 1. The predicted octanol–water partition coefficient (Wildman–Crippen LogP) is 4.69. The zero-order valence-corrected chi connectivity index (χ0v) is 15.3. The van der Waals surface area contributed by atoms with Crippen LogP contribution in [-0.4, -0.2) is 19.0 Å². The zero-order valence-electron chi connectivity index (χ0n) is 15.3.